The fraction of sp³-hybridized carbons (Fsp3) is 0.667. The monoisotopic (exact) mass is 344 g/mol. The molecule has 138 valence electrons. The van der Waals surface area contributed by atoms with Crippen molar-refractivity contribution in [3.05, 3.63) is 35.9 Å². The van der Waals surface area contributed by atoms with Crippen LogP contribution in [-0.2, 0) is 16.1 Å². The summed E-state index contributed by atoms with van der Waals surface area (Å²) < 4.78 is 5.69. The van der Waals surface area contributed by atoms with Gasteiger partial charge in [-0.1, -0.05) is 37.3 Å². The van der Waals surface area contributed by atoms with Gasteiger partial charge in [0, 0.05) is 24.6 Å². The first-order valence-corrected chi connectivity index (χ1v) is 9.74. The third-order valence-corrected chi connectivity index (χ3v) is 5.77. The van der Waals surface area contributed by atoms with Crippen LogP contribution >= 0.6 is 0 Å². The third-order valence-electron chi connectivity index (χ3n) is 5.77. The van der Waals surface area contributed by atoms with Gasteiger partial charge in [0.2, 0.25) is 5.91 Å². The van der Waals surface area contributed by atoms with E-state index < -0.39 is 0 Å². The highest BCUT2D eigenvalue weighted by molar-refractivity contribution is 5.82. The summed E-state index contributed by atoms with van der Waals surface area (Å²) in [6.45, 7) is 8.06. The van der Waals surface area contributed by atoms with E-state index in [0.29, 0.717) is 6.10 Å². The Balaban J connectivity index is 1.45. The molecule has 3 rings (SSSR count). The number of nitrogens with zero attached hydrogens (tertiary/aromatic N) is 1. The molecule has 1 aromatic rings. The van der Waals surface area contributed by atoms with Gasteiger partial charge in [-0.2, -0.15) is 0 Å². The second-order valence-electron chi connectivity index (χ2n) is 8.07. The quantitative estimate of drug-likeness (QED) is 0.860. The predicted octanol–water partition coefficient (Wildman–Crippen LogP) is 3.36. The van der Waals surface area contributed by atoms with Crippen molar-refractivity contribution in [2.75, 3.05) is 19.7 Å². The predicted molar refractivity (Wildman–Crippen MR) is 100 cm³/mol. The summed E-state index contributed by atoms with van der Waals surface area (Å²) in [6.07, 6.45) is 5.40. The summed E-state index contributed by atoms with van der Waals surface area (Å²) in [5.41, 5.74) is 1.11. The van der Waals surface area contributed by atoms with E-state index in [9.17, 15) is 4.79 Å². The van der Waals surface area contributed by atoms with Gasteiger partial charge in [0.1, 0.15) is 0 Å². The first kappa shape index (κ1) is 18.4. The van der Waals surface area contributed by atoms with Gasteiger partial charge < -0.3 is 10.1 Å². The number of hydrogen-bond acceptors (Lipinski definition) is 3. The molecule has 0 bridgehead atoms. The van der Waals surface area contributed by atoms with Crippen molar-refractivity contribution in [1.82, 2.24) is 10.2 Å². The largest absolute Gasteiger partial charge is 0.378 e. The zero-order valence-electron chi connectivity index (χ0n) is 15.7. The van der Waals surface area contributed by atoms with Gasteiger partial charge in [-0.25, -0.2) is 0 Å². The molecule has 2 fully saturated rings. The Kier molecular flexibility index (Phi) is 6.13. The van der Waals surface area contributed by atoms with Crippen LogP contribution in [0, 0.1) is 5.41 Å². The van der Waals surface area contributed by atoms with Crippen LogP contribution in [0.3, 0.4) is 0 Å². The Morgan fingerprint density at radius 1 is 1.32 bits per heavy atom. The average molecular weight is 344 g/mol. The molecule has 2 aliphatic rings. The zero-order valence-corrected chi connectivity index (χ0v) is 15.7. The van der Waals surface area contributed by atoms with E-state index in [1.807, 2.05) is 0 Å². The highest BCUT2D eigenvalue weighted by Crippen LogP contribution is 2.32. The van der Waals surface area contributed by atoms with Gasteiger partial charge in [-0.05, 0) is 57.7 Å². The van der Waals surface area contributed by atoms with Crippen molar-refractivity contribution < 1.29 is 9.53 Å². The minimum Gasteiger partial charge on any atom is -0.378 e. The van der Waals surface area contributed by atoms with Crippen LogP contribution in [0.15, 0.2) is 30.3 Å². The summed E-state index contributed by atoms with van der Waals surface area (Å²) in [5, 5.41) is 3.24. The van der Waals surface area contributed by atoms with Crippen molar-refractivity contribution >= 4 is 5.91 Å². The van der Waals surface area contributed by atoms with Crippen molar-refractivity contribution in [2.45, 2.75) is 64.6 Å². The molecule has 1 amide bonds. The van der Waals surface area contributed by atoms with Crippen LogP contribution in [-0.4, -0.2) is 42.6 Å². The Hall–Kier alpha value is -1.39. The number of benzene rings is 1. The first-order valence-electron chi connectivity index (χ1n) is 9.74. The smallest absolute Gasteiger partial charge is 0.226 e. The average Bonchev–Trinajstić information content (AvgIpc) is 3.11. The number of carbonyl (C=O) groups is 1. The number of ether oxygens (including phenoxy) is 1. The molecule has 25 heavy (non-hydrogen) atoms. The van der Waals surface area contributed by atoms with E-state index in [1.165, 1.54) is 5.56 Å². The van der Waals surface area contributed by atoms with E-state index >= 15 is 0 Å². The van der Waals surface area contributed by atoms with Crippen molar-refractivity contribution in [1.29, 1.82) is 0 Å². The number of rotatable bonds is 6. The maximum Gasteiger partial charge on any atom is 0.226 e. The molecule has 2 atom stereocenters. The highest BCUT2D eigenvalue weighted by Gasteiger charge is 2.37. The SMILES string of the molecule is C[C@H](C[C@@H]1CCCO1)NC(=O)C1(C)CCN(Cc2ccccc2)CC1. The van der Waals surface area contributed by atoms with E-state index in [0.717, 1.165) is 58.3 Å². The maximum absolute atomic E-state index is 12.8. The molecule has 0 radical (unpaired) electrons. The number of nitrogens with one attached hydrogen (secondary N) is 1. The molecule has 0 spiro atoms. The molecule has 0 unspecified atom stereocenters. The van der Waals surface area contributed by atoms with Crippen LogP contribution in [0.1, 0.15) is 51.5 Å². The number of piperidine rings is 1. The molecule has 2 heterocycles. The summed E-state index contributed by atoms with van der Waals surface area (Å²) >= 11 is 0. The molecule has 2 saturated heterocycles. The van der Waals surface area contributed by atoms with Crippen LogP contribution in [0.5, 0.6) is 0 Å². The molecule has 2 aliphatic heterocycles. The number of amides is 1. The molecule has 4 nitrogen and oxygen atoms in total. The van der Waals surface area contributed by atoms with E-state index in [-0.39, 0.29) is 17.4 Å². The second kappa shape index (κ2) is 8.33. The Morgan fingerprint density at radius 2 is 2.04 bits per heavy atom. The normalized spacial score (nSPS) is 24.8. The minimum atomic E-state index is -0.238. The fourth-order valence-corrected chi connectivity index (χ4v) is 3.95. The van der Waals surface area contributed by atoms with Crippen LogP contribution in [0.25, 0.3) is 0 Å². The van der Waals surface area contributed by atoms with Crippen molar-refractivity contribution in [3.8, 4) is 0 Å². The highest BCUT2D eigenvalue weighted by atomic mass is 16.5. The van der Waals surface area contributed by atoms with Gasteiger partial charge >= 0.3 is 0 Å². The van der Waals surface area contributed by atoms with Gasteiger partial charge in [-0.15, -0.1) is 0 Å². The number of likely N-dealkylation sites (tertiary alicyclic amines) is 1. The van der Waals surface area contributed by atoms with E-state index in [4.69, 9.17) is 4.74 Å². The van der Waals surface area contributed by atoms with Gasteiger partial charge in [0.25, 0.3) is 0 Å². The Bertz CT molecular complexity index is 546. The molecule has 0 aromatic heterocycles. The standard InChI is InChI=1S/C21H32N2O2/c1-17(15-19-9-6-14-25-19)22-20(24)21(2)10-12-23(13-11-21)16-18-7-4-3-5-8-18/h3-5,7-8,17,19H,6,9-16H2,1-2H3,(H,22,24)/t17-,19+/m1/s1. The van der Waals surface area contributed by atoms with Crippen LogP contribution in [0.4, 0.5) is 0 Å². The Labute approximate surface area is 151 Å². The summed E-state index contributed by atoms with van der Waals surface area (Å²) in [7, 11) is 0. The van der Waals surface area contributed by atoms with Crippen LogP contribution < -0.4 is 5.32 Å². The topological polar surface area (TPSA) is 41.6 Å². The molecule has 1 aromatic carbocycles. The van der Waals surface area contributed by atoms with E-state index in [1.54, 1.807) is 0 Å². The molecule has 0 saturated carbocycles. The summed E-state index contributed by atoms with van der Waals surface area (Å²) in [4.78, 5) is 15.3. The summed E-state index contributed by atoms with van der Waals surface area (Å²) in [6, 6.07) is 10.8. The fourth-order valence-electron chi connectivity index (χ4n) is 3.95. The first-order chi connectivity index (χ1) is 12.0. The lowest BCUT2D eigenvalue weighted by Crippen LogP contribution is -2.49. The zero-order chi connectivity index (χ0) is 17.7. The van der Waals surface area contributed by atoms with E-state index in [2.05, 4.69) is 54.4 Å². The number of carbonyl (C=O) groups excluding carboxylic acids is 1. The minimum absolute atomic E-state index is 0.190. The molecular weight excluding hydrogens is 312 g/mol. The summed E-state index contributed by atoms with van der Waals surface area (Å²) in [5.74, 6) is 0.220. The molecule has 1 N–H and O–H groups in total. The van der Waals surface area contributed by atoms with Crippen LogP contribution in [0.2, 0.25) is 0 Å². The molecular formula is C21H32N2O2. The molecule has 4 heteroatoms. The van der Waals surface area contributed by atoms with Gasteiger partial charge in [0.05, 0.1) is 6.10 Å². The van der Waals surface area contributed by atoms with Crippen molar-refractivity contribution in [2.24, 2.45) is 5.41 Å². The number of hydrogen-bond donors (Lipinski definition) is 1. The maximum atomic E-state index is 12.8. The Morgan fingerprint density at radius 3 is 2.68 bits per heavy atom. The molecule has 0 aliphatic carbocycles. The van der Waals surface area contributed by atoms with Gasteiger partial charge in [0.15, 0.2) is 0 Å². The lowest BCUT2D eigenvalue weighted by molar-refractivity contribution is -0.133. The van der Waals surface area contributed by atoms with Gasteiger partial charge in [-0.3, -0.25) is 9.69 Å². The third kappa shape index (κ3) is 5.05. The lowest BCUT2D eigenvalue weighted by Gasteiger charge is -2.39. The van der Waals surface area contributed by atoms with Crippen molar-refractivity contribution in [3.63, 3.8) is 0 Å². The lowest BCUT2D eigenvalue weighted by atomic mass is 9.79. The second-order valence-corrected chi connectivity index (χ2v) is 8.07.